The van der Waals surface area contributed by atoms with Gasteiger partial charge in [0.2, 0.25) is 5.91 Å². The third-order valence-corrected chi connectivity index (χ3v) is 6.97. The molecule has 1 aromatic heterocycles. The zero-order chi connectivity index (χ0) is 30.2. The van der Waals surface area contributed by atoms with E-state index in [0.29, 0.717) is 40.1 Å². The van der Waals surface area contributed by atoms with E-state index in [2.05, 4.69) is 49.3 Å². The van der Waals surface area contributed by atoms with Crippen molar-refractivity contribution in [3.05, 3.63) is 97.8 Å². The van der Waals surface area contributed by atoms with E-state index >= 15 is 0 Å². The van der Waals surface area contributed by atoms with Crippen molar-refractivity contribution in [2.75, 3.05) is 66.1 Å². The topological polar surface area (TPSA) is 115 Å². The molecule has 1 saturated heterocycles. The Hall–Kier alpha value is -5.42. The monoisotopic (exact) mass is 578 g/mol. The van der Waals surface area contributed by atoms with Crippen LogP contribution in [0.15, 0.2) is 97.8 Å². The number of amides is 3. The van der Waals surface area contributed by atoms with Gasteiger partial charge in [0.05, 0.1) is 12.8 Å². The molecule has 43 heavy (non-hydrogen) atoms. The molecular formula is C32H34N8O3. The van der Waals surface area contributed by atoms with E-state index in [1.165, 1.54) is 17.3 Å². The van der Waals surface area contributed by atoms with Crippen molar-refractivity contribution in [2.24, 2.45) is 0 Å². The number of anilines is 7. The van der Waals surface area contributed by atoms with Gasteiger partial charge in [-0.05, 0) is 55.6 Å². The van der Waals surface area contributed by atoms with Crippen LogP contribution in [0, 0.1) is 0 Å². The van der Waals surface area contributed by atoms with Gasteiger partial charge in [-0.25, -0.2) is 19.7 Å². The van der Waals surface area contributed by atoms with Gasteiger partial charge in [-0.15, -0.1) is 0 Å². The van der Waals surface area contributed by atoms with Gasteiger partial charge in [-0.1, -0.05) is 30.8 Å². The van der Waals surface area contributed by atoms with Crippen LogP contribution in [0.1, 0.15) is 0 Å². The Bertz CT molecular complexity index is 1590. The summed E-state index contributed by atoms with van der Waals surface area (Å²) in [6.45, 7) is 7.22. The highest BCUT2D eigenvalue weighted by Gasteiger charge is 2.25. The average Bonchev–Trinajstić information content (AvgIpc) is 3.02. The minimum atomic E-state index is -0.421. The van der Waals surface area contributed by atoms with Gasteiger partial charge in [0.15, 0.2) is 0 Å². The van der Waals surface area contributed by atoms with Crippen LogP contribution in [0.3, 0.4) is 0 Å². The smallest absolute Gasteiger partial charge is 0.332 e. The second kappa shape index (κ2) is 13.5. The molecule has 5 rings (SSSR count). The summed E-state index contributed by atoms with van der Waals surface area (Å²) in [6.07, 6.45) is 2.59. The molecule has 11 heteroatoms. The van der Waals surface area contributed by atoms with E-state index in [4.69, 9.17) is 4.74 Å². The predicted molar refractivity (Wildman–Crippen MR) is 171 cm³/mol. The fourth-order valence-electron chi connectivity index (χ4n) is 4.70. The number of hydrogen-bond donors (Lipinski definition) is 3. The summed E-state index contributed by atoms with van der Waals surface area (Å²) in [5.74, 6) is 0.989. The number of rotatable bonds is 9. The maximum absolute atomic E-state index is 13.9. The van der Waals surface area contributed by atoms with Gasteiger partial charge in [0.25, 0.3) is 0 Å². The van der Waals surface area contributed by atoms with E-state index in [1.54, 1.807) is 31.4 Å². The van der Waals surface area contributed by atoms with E-state index in [9.17, 15) is 9.59 Å². The number of piperazine rings is 1. The zero-order valence-electron chi connectivity index (χ0n) is 24.2. The van der Waals surface area contributed by atoms with Gasteiger partial charge < -0.3 is 30.5 Å². The van der Waals surface area contributed by atoms with Crippen LogP contribution in [0.4, 0.5) is 44.9 Å². The van der Waals surface area contributed by atoms with E-state index < -0.39 is 6.03 Å². The van der Waals surface area contributed by atoms with Crippen LogP contribution < -0.4 is 30.5 Å². The number of likely N-dealkylation sites (N-methyl/N-ethyl adjacent to an activating group) is 1. The number of ether oxygens (including phenoxy) is 1. The largest absolute Gasteiger partial charge is 0.494 e. The number of hydrogen-bond acceptors (Lipinski definition) is 8. The van der Waals surface area contributed by atoms with Gasteiger partial charge in [-0.2, -0.15) is 0 Å². The van der Waals surface area contributed by atoms with Gasteiger partial charge >= 0.3 is 6.03 Å². The van der Waals surface area contributed by atoms with Crippen LogP contribution in [-0.4, -0.2) is 67.1 Å². The van der Waals surface area contributed by atoms with Gasteiger partial charge in [0, 0.05) is 61.1 Å². The number of nitrogens with one attached hydrogen (secondary N) is 3. The first-order valence-corrected chi connectivity index (χ1v) is 13.8. The molecule has 220 valence electrons. The zero-order valence-corrected chi connectivity index (χ0v) is 24.2. The van der Waals surface area contributed by atoms with E-state index in [1.807, 2.05) is 54.6 Å². The van der Waals surface area contributed by atoms with Crippen molar-refractivity contribution in [1.82, 2.24) is 14.9 Å². The molecule has 3 amide bonds. The number of methoxy groups -OCH3 is 1. The van der Waals surface area contributed by atoms with Crippen molar-refractivity contribution in [2.45, 2.75) is 0 Å². The number of para-hydroxylation sites is 1. The lowest BCUT2D eigenvalue weighted by Crippen LogP contribution is -2.44. The quantitative estimate of drug-likeness (QED) is 0.224. The molecule has 4 aromatic rings. The third-order valence-electron chi connectivity index (χ3n) is 6.97. The lowest BCUT2D eigenvalue weighted by atomic mass is 10.2. The minimum Gasteiger partial charge on any atom is -0.494 e. The Balaban J connectivity index is 1.48. The van der Waals surface area contributed by atoms with Crippen molar-refractivity contribution in [3.63, 3.8) is 0 Å². The summed E-state index contributed by atoms with van der Waals surface area (Å²) < 4.78 is 5.82. The average molecular weight is 579 g/mol. The Labute approximate surface area is 250 Å². The summed E-state index contributed by atoms with van der Waals surface area (Å²) in [5, 5.41) is 8.93. The minimum absolute atomic E-state index is 0.311. The highest BCUT2D eigenvalue weighted by molar-refractivity contribution is 6.07. The maximum atomic E-state index is 13.9. The predicted octanol–water partition coefficient (Wildman–Crippen LogP) is 5.48. The fraction of sp³-hybridized carbons (Fsp3) is 0.188. The maximum Gasteiger partial charge on any atom is 0.332 e. The second-order valence-corrected chi connectivity index (χ2v) is 9.94. The van der Waals surface area contributed by atoms with Crippen LogP contribution in [0.25, 0.3) is 0 Å². The molecule has 0 atom stereocenters. The molecular weight excluding hydrogens is 544 g/mol. The lowest BCUT2D eigenvalue weighted by molar-refractivity contribution is -0.111. The first-order chi connectivity index (χ1) is 20.9. The molecule has 3 aromatic carbocycles. The van der Waals surface area contributed by atoms with Crippen molar-refractivity contribution >= 4 is 52.0 Å². The second-order valence-electron chi connectivity index (χ2n) is 9.94. The lowest BCUT2D eigenvalue weighted by Gasteiger charge is -2.34. The highest BCUT2D eigenvalue weighted by Crippen LogP contribution is 2.37. The number of carbonyl (C=O) groups is 2. The normalized spacial score (nSPS) is 13.1. The van der Waals surface area contributed by atoms with Crippen LogP contribution in [-0.2, 0) is 4.79 Å². The molecule has 0 aliphatic carbocycles. The molecule has 3 N–H and O–H groups in total. The summed E-state index contributed by atoms with van der Waals surface area (Å²) in [5.41, 5.74) is 3.45. The number of aromatic nitrogens is 2. The highest BCUT2D eigenvalue weighted by atomic mass is 16.5. The molecule has 1 aliphatic heterocycles. The Kier molecular flexibility index (Phi) is 9.13. The summed E-state index contributed by atoms with van der Waals surface area (Å²) in [6, 6.07) is 23.5. The third kappa shape index (κ3) is 7.27. The molecule has 2 heterocycles. The Morgan fingerprint density at radius 2 is 1.63 bits per heavy atom. The van der Waals surface area contributed by atoms with E-state index in [-0.39, 0.29) is 5.91 Å². The van der Waals surface area contributed by atoms with Crippen LogP contribution in [0.2, 0.25) is 0 Å². The molecule has 11 nitrogen and oxygen atoms in total. The molecule has 1 fully saturated rings. The molecule has 0 bridgehead atoms. The number of carbonyl (C=O) groups excluding carboxylic acids is 2. The first kappa shape index (κ1) is 29.1. The van der Waals surface area contributed by atoms with Crippen molar-refractivity contribution < 1.29 is 14.3 Å². The standard InChI is InChI=1S/C32H34N8O3/c1-4-31(41)36-25-12-8-11-24(19-25)35-29-21-30(34-22-33-29)40(32(42)37-23-9-6-5-7-10-23)27-14-13-26(20-28(27)43-3)39-17-15-38(2)16-18-39/h4-14,19-22H,1,15-18H2,2-3H3,(H,36,41)(H,37,42)(H,33,34,35). The summed E-state index contributed by atoms with van der Waals surface area (Å²) in [4.78, 5) is 40.5. The number of urea groups is 1. The van der Waals surface area contributed by atoms with E-state index in [0.717, 1.165) is 31.9 Å². The molecule has 1 aliphatic rings. The molecule has 0 spiro atoms. The molecule has 0 saturated carbocycles. The number of nitrogens with zero attached hydrogens (tertiary/aromatic N) is 5. The number of benzene rings is 3. The van der Waals surface area contributed by atoms with Gasteiger partial charge in [-0.3, -0.25) is 4.79 Å². The Morgan fingerprint density at radius 1 is 0.884 bits per heavy atom. The SMILES string of the molecule is C=CC(=O)Nc1cccc(Nc2cc(N(C(=O)Nc3ccccc3)c3ccc(N4CCN(C)CC4)cc3OC)ncn2)c1. The molecule has 0 unspecified atom stereocenters. The molecule has 0 radical (unpaired) electrons. The fourth-order valence-corrected chi connectivity index (χ4v) is 4.70. The van der Waals surface area contributed by atoms with Crippen molar-refractivity contribution in [1.29, 1.82) is 0 Å². The summed E-state index contributed by atoms with van der Waals surface area (Å²) in [7, 11) is 3.71. The van der Waals surface area contributed by atoms with Crippen molar-refractivity contribution in [3.8, 4) is 5.75 Å². The van der Waals surface area contributed by atoms with Crippen LogP contribution in [0.5, 0.6) is 5.75 Å². The first-order valence-electron chi connectivity index (χ1n) is 13.8. The van der Waals surface area contributed by atoms with Crippen LogP contribution >= 0.6 is 0 Å². The summed E-state index contributed by atoms with van der Waals surface area (Å²) >= 11 is 0. The Morgan fingerprint density at radius 3 is 2.37 bits per heavy atom. The van der Waals surface area contributed by atoms with Gasteiger partial charge in [0.1, 0.15) is 23.7 Å².